The Labute approximate surface area is 271 Å². The first-order valence-electron chi connectivity index (χ1n) is 14.7. The number of anilines is 1. The van der Waals surface area contributed by atoms with Crippen LogP contribution in [0.5, 0.6) is 5.75 Å². The van der Waals surface area contributed by atoms with E-state index in [9.17, 15) is 9.90 Å². The van der Waals surface area contributed by atoms with Crippen molar-refractivity contribution in [2.75, 3.05) is 5.32 Å². The molecule has 0 aliphatic heterocycles. The quantitative estimate of drug-likeness (QED) is 0.0765. The third-order valence-electron chi connectivity index (χ3n) is 7.42. The van der Waals surface area contributed by atoms with Crippen LogP contribution in [0.15, 0.2) is 156 Å². The fourth-order valence-electron chi connectivity index (χ4n) is 5.17. The first-order valence-corrected chi connectivity index (χ1v) is 15.6. The number of aromatic nitrogens is 1. The number of benzene rings is 5. The largest absolute Gasteiger partial charge is 0.489 e. The van der Waals surface area contributed by atoms with Gasteiger partial charge in [0.05, 0.1) is 0 Å². The van der Waals surface area contributed by atoms with Gasteiger partial charge in [0, 0.05) is 5.38 Å². The lowest BCUT2D eigenvalue weighted by atomic mass is 9.77. The Kier molecular flexibility index (Phi) is 9.46. The van der Waals surface area contributed by atoms with Crippen LogP contribution >= 0.6 is 11.3 Å². The molecule has 0 fully saturated rings. The highest BCUT2D eigenvalue weighted by Crippen LogP contribution is 2.40. The maximum absolute atomic E-state index is 12.3. The van der Waals surface area contributed by atoms with Gasteiger partial charge in [0.1, 0.15) is 30.2 Å². The highest BCUT2D eigenvalue weighted by molar-refractivity contribution is 7.14. The van der Waals surface area contributed by atoms with Crippen molar-refractivity contribution in [2.45, 2.75) is 18.8 Å². The van der Waals surface area contributed by atoms with E-state index in [0.717, 1.165) is 33.6 Å². The lowest BCUT2D eigenvalue weighted by Gasteiger charge is -2.36. The van der Waals surface area contributed by atoms with E-state index < -0.39 is 11.5 Å². The molecule has 46 heavy (non-hydrogen) atoms. The second kappa shape index (κ2) is 14.4. The van der Waals surface area contributed by atoms with Crippen molar-refractivity contribution < 1.29 is 19.5 Å². The normalized spacial score (nSPS) is 11.5. The van der Waals surface area contributed by atoms with E-state index >= 15 is 0 Å². The number of nitrogens with one attached hydrogen (secondary N) is 1. The Hall–Kier alpha value is -5.73. The number of carbonyl (C=O) groups is 1. The molecule has 0 saturated carbocycles. The van der Waals surface area contributed by atoms with Crippen molar-refractivity contribution in [1.29, 1.82) is 0 Å². The van der Waals surface area contributed by atoms with Crippen molar-refractivity contribution in [2.24, 2.45) is 5.16 Å². The van der Waals surface area contributed by atoms with E-state index in [0.29, 0.717) is 11.7 Å². The van der Waals surface area contributed by atoms with E-state index in [1.165, 1.54) is 11.3 Å². The molecule has 6 rings (SSSR count). The zero-order valence-electron chi connectivity index (χ0n) is 24.8. The zero-order valence-corrected chi connectivity index (χ0v) is 25.6. The van der Waals surface area contributed by atoms with Crippen molar-refractivity contribution in [3.05, 3.63) is 184 Å². The number of carboxylic acids is 1. The van der Waals surface area contributed by atoms with E-state index in [-0.39, 0.29) is 18.0 Å². The molecule has 6 aromatic rings. The molecule has 0 radical (unpaired) electrons. The van der Waals surface area contributed by atoms with Gasteiger partial charge in [-0.15, -0.1) is 11.3 Å². The lowest BCUT2D eigenvalue weighted by Crippen LogP contribution is -2.38. The average Bonchev–Trinajstić information content (AvgIpc) is 3.58. The van der Waals surface area contributed by atoms with E-state index in [4.69, 9.17) is 9.57 Å². The molecule has 0 unspecified atom stereocenters. The summed E-state index contributed by atoms with van der Waals surface area (Å²) in [4.78, 5) is 22.4. The molecule has 1 heterocycles. The monoisotopic (exact) mass is 625 g/mol. The molecule has 0 spiro atoms. The third-order valence-corrected chi connectivity index (χ3v) is 8.18. The molecule has 228 valence electrons. The molecule has 0 atom stereocenters. The van der Waals surface area contributed by atoms with Gasteiger partial charge in [0.25, 0.3) is 0 Å². The van der Waals surface area contributed by atoms with Crippen LogP contribution in [-0.4, -0.2) is 21.8 Å². The summed E-state index contributed by atoms with van der Waals surface area (Å²) < 4.78 is 5.84. The maximum atomic E-state index is 12.3. The Balaban J connectivity index is 1.21. The smallest absolute Gasteiger partial charge is 0.360 e. The predicted octanol–water partition coefficient (Wildman–Crippen LogP) is 8.13. The van der Waals surface area contributed by atoms with Gasteiger partial charge >= 0.3 is 5.97 Å². The van der Waals surface area contributed by atoms with Crippen LogP contribution in [0.2, 0.25) is 0 Å². The first kappa shape index (κ1) is 30.3. The Morgan fingerprint density at radius 2 is 1.20 bits per heavy atom. The van der Waals surface area contributed by atoms with Crippen molar-refractivity contribution in [1.82, 2.24) is 4.98 Å². The molecule has 7 nitrogen and oxygen atoms in total. The van der Waals surface area contributed by atoms with Gasteiger partial charge in [-0.1, -0.05) is 139 Å². The Morgan fingerprint density at radius 1 is 0.696 bits per heavy atom. The van der Waals surface area contributed by atoms with E-state index in [1.54, 1.807) is 5.38 Å². The van der Waals surface area contributed by atoms with Gasteiger partial charge < -0.3 is 20.0 Å². The fraction of sp³-hybridized carbons (Fsp3) is 0.0789. The number of rotatable bonds is 13. The minimum absolute atomic E-state index is 0.0874. The molecule has 5 aromatic carbocycles. The molecule has 0 saturated heterocycles. The maximum Gasteiger partial charge on any atom is 0.360 e. The van der Waals surface area contributed by atoms with Crippen molar-refractivity contribution in [3.8, 4) is 5.75 Å². The number of carboxylic acid groups (broad SMARTS) is 1. The molecule has 0 aliphatic carbocycles. The molecule has 0 amide bonds. The molecule has 8 heteroatoms. The van der Waals surface area contributed by atoms with Gasteiger partial charge in [-0.05, 0) is 39.9 Å². The van der Waals surface area contributed by atoms with Crippen molar-refractivity contribution in [3.63, 3.8) is 0 Å². The van der Waals surface area contributed by atoms with Crippen molar-refractivity contribution >= 4 is 28.1 Å². The van der Waals surface area contributed by atoms with Crippen LogP contribution in [0.4, 0.5) is 5.13 Å². The standard InChI is InChI=1S/C38H31N3O4S/c42-36(43)35(41-45-26-29-21-23-33(24-22-29)44-25-28-13-5-1-6-14-28)34-27-46-37(39-34)40-38(30-15-7-2-8-16-30,31-17-9-3-10-18-31)32-19-11-4-12-20-32/h1-24,27H,25-26H2,(H,39,40)(H,42,43). The number of oxime groups is 1. The van der Waals surface area contributed by atoms with Gasteiger partial charge in [0.2, 0.25) is 5.71 Å². The van der Waals surface area contributed by atoms with E-state index in [2.05, 4.69) is 51.9 Å². The number of thiazole rings is 1. The van der Waals surface area contributed by atoms with Crippen LogP contribution in [-0.2, 0) is 28.4 Å². The lowest BCUT2D eigenvalue weighted by molar-refractivity contribution is -0.129. The minimum atomic E-state index is -1.23. The first-order chi connectivity index (χ1) is 22.6. The summed E-state index contributed by atoms with van der Waals surface area (Å²) in [6.45, 7) is 0.556. The molecule has 2 N–H and O–H groups in total. The van der Waals surface area contributed by atoms with Gasteiger partial charge in [-0.3, -0.25) is 0 Å². The van der Waals surface area contributed by atoms with Crippen LogP contribution in [0.1, 0.15) is 33.5 Å². The summed E-state index contributed by atoms with van der Waals surface area (Å²) in [5.41, 5.74) is 4.05. The summed E-state index contributed by atoms with van der Waals surface area (Å²) in [5.74, 6) is -0.510. The second-order valence-electron chi connectivity index (χ2n) is 10.4. The second-order valence-corrected chi connectivity index (χ2v) is 11.3. The average molecular weight is 626 g/mol. The highest BCUT2D eigenvalue weighted by atomic mass is 32.1. The predicted molar refractivity (Wildman–Crippen MR) is 181 cm³/mol. The molecular formula is C38H31N3O4S. The number of ether oxygens (including phenoxy) is 1. The summed E-state index contributed by atoms with van der Waals surface area (Å²) in [7, 11) is 0. The van der Waals surface area contributed by atoms with Gasteiger partial charge in [0.15, 0.2) is 5.13 Å². The van der Waals surface area contributed by atoms with Crippen LogP contribution in [0, 0.1) is 0 Å². The molecule has 1 aromatic heterocycles. The van der Waals surface area contributed by atoms with Gasteiger partial charge in [-0.2, -0.15) is 0 Å². The van der Waals surface area contributed by atoms with Gasteiger partial charge in [-0.25, -0.2) is 9.78 Å². The minimum Gasteiger partial charge on any atom is -0.489 e. The van der Waals surface area contributed by atoms with Crippen LogP contribution in [0.3, 0.4) is 0 Å². The topological polar surface area (TPSA) is 93.0 Å². The zero-order chi connectivity index (χ0) is 31.6. The number of hydrogen-bond donors (Lipinski definition) is 2. The van der Waals surface area contributed by atoms with E-state index in [1.807, 2.05) is 109 Å². The Bertz CT molecular complexity index is 1780. The van der Waals surface area contributed by atoms with Crippen LogP contribution < -0.4 is 10.1 Å². The fourth-order valence-corrected chi connectivity index (χ4v) is 5.92. The third kappa shape index (κ3) is 6.98. The molecule has 0 bridgehead atoms. The number of hydrogen-bond acceptors (Lipinski definition) is 7. The molecular weight excluding hydrogens is 595 g/mol. The SMILES string of the molecule is O=C(O)C(=NOCc1ccc(OCc2ccccc2)cc1)c1csc(NC(c2ccccc2)(c2ccccc2)c2ccccc2)n1. The summed E-state index contributed by atoms with van der Waals surface area (Å²) in [6.07, 6.45) is 0. The number of aliphatic carboxylic acids is 1. The summed E-state index contributed by atoms with van der Waals surface area (Å²) in [5, 5.41) is 19.9. The highest BCUT2D eigenvalue weighted by Gasteiger charge is 2.37. The van der Waals surface area contributed by atoms with Crippen LogP contribution in [0.25, 0.3) is 0 Å². The molecule has 0 aliphatic rings. The Morgan fingerprint density at radius 3 is 1.72 bits per heavy atom. The summed E-state index contributed by atoms with van der Waals surface area (Å²) in [6, 6.07) is 47.7. The number of nitrogens with zero attached hydrogens (tertiary/aromatic N) is 2. The summed E-state index contributed by atoms with van der Waals surface area (Å²) >= 11 is 1.30.